The average molecular weight is 273 g/mol. The van der Waals surface area contributed by atoms with Crippen LogP contribution in [0.1, 0.15) is 11.6 Å². The van der Waals surface area contributed by atoms with Gasteiger partial charge in [0.15, 0.2) is 0 Å². The van der Waals surface area contributed by atoms with Gasteiger partial charge in [0.1, 0.15) is 0 Å². The summed E-state index contributed by atoms with van der Waals surface area (Å²) >= 11 is 2.00. The molecule has 19 heavy (non-hydrogen) atoms. The van der Waals surface area contributed by atoms with Gasteiger partial charge in [-0.25, -0.2) is 0 Å². The monoisotopic (exact) mass is 273 g/mol. The van der Waals surface area contributed by atoms with Crippen LogP contribution in [0, 0.1) is 0 Å². The lowest BCUT2D eigenvalue weighted by Crippen LogP contribution is -2.46. The first kappa shape index (κ1) is 12.9. The van der Waals surface area contributed by atoms with Crippen LogP contribution in [-0.4, -0.2) is 41.0 Å². The number of hydrogen-bond acceptors (Lipinski definition) is 4. The molecule has 0 radical (unpaired) electrons. The van der Waals surface area contributed by atoms with Gasteiger partial charge in [0.2, 0.25) is 0 Å². The van der Waals surface area contributed by atoms with Crippen molar-refractivity contribution in [1.29, 1.82) is 0 Å². The first-order valence-electron chi connectivity index (χ1n) is 6.63. The zero-order valence-corrected chi connectivity index (χ0v) is 11.9. The van der Waals surface area contributed by atoms with Crippen molar-refractivity contribution in [2.75, 3.05) is 25.1 Å². The Labute approximate surface area is 118 Å². The van der Waals surface area contributed by atoms with Crippen molar-refractivity contribution in [3.05, 3.63) is 42.2 Å². The summed E-state index contributed by atoms with van der Waals surface area (Å²) in [6.45, 7) is 1.12. The van der Waals surface area contributed by atoms with E-state index in [4.69, 9.17) is 5.73 Å². The lowest BCUT2D eigenvalue weighted by molar-refractivity contribution is 0.238. The molecule has 1 fully saturated rings. The fourth-order valence-corrected chi connectivity index (χ4v) is 4.02. The van der Waals surface area contributed by atoms with Gasteiger partial charge in [-0.1, -0.05) is 18.2 Å². The highest BCUT2D eigenvalue weighted by molar-refractivity contribution is 7.99. The lowest BCUT2D eigenvalue weighted by Gasteiger charge is -2.36. The summed E-state index contributed by atoms with van der Waals surface area (Å²) in [5.41, 5.74) is 7.79. The molecule has 0 spiro atoms. The van der Waals surface area contributed by atoms with E-state index in [0.29, 0.717) is 6.04 Å². The molecular weight excluding hydrogens is 254 g/mol. The van der Waals surface area contributed by atoms with Gasteiger partial charge in [0.05, 0.1) is 0 Å². The number of likely N-dealkylation sites (N-methyl/N-ethyl adjacent to an activating group) is 1. The third kappa shape index (κ3) is 2.48. The summed E-state index contributed by atoms with van der Waals surface area (Å²) in [6.07, 6.45) is 3.75. The molecule has 1 aliphatic heterocycles. The number of hydrogen-bond donors (Lipinski definition) is 1. The number of benzene rings is 1. The second-order valence-corrected chi connectivity index (χ2v) is 6.24. The van der Waals surface area contributed by atoms with Crippen LogP contribution in [0.3, 0.4) is 0 Å². The van der Waals surface area contributed by atoms with E-state index in [1.54, 1.807) is 0 Å². The lowest BCUT2D eigenvalue weighted by atomic mass is 9.95. The molecule has 2 unspecified atom stereocenters. The molecule has 1 saturated heterocycles. The molecule has 3 nitrogen and oxygen atoms in total. The Bertz CT molecular complexity index is 567. The number of nitrogens with two attached hydrogens (primary N) is 1. The summed E-state index contributed by atoms with van der Waals surface area (Å²) in [4.78, 5) is 6.58. The van der Waals surface area contributed by atoms with Gasteiger partial charge in [0.25, 0.3) is 0 Å². The summed E-state index contributed by atoms with van der Waals surface area (Å²) in [6, 6.07) is 8.87. The molecule has 0 amide bonds. The Balaban J connectivity index is 1.99. The molecule has 4 heteroatoms. The average Bonchev–Trinajstić information content (AvgIpc) is 2.46. The minimum Gasteiger partial charge on any atom is -0.323 e. The second-order valence-electron chi connectivity index (χ2n) is 5.09. The first-order chi connectivity index (χ1) is 9.27. The number of rotatable bonds is 2. The Morgan fingerprint density at radius 1 is 1.42 bits per heavy atom. The molecule has 100 valence electrons. The minimum absolute atomic E-state index is 0.0592. The second kappa shape index (κ2) is 5.49. The van der Waals surface area contributed by atoms with E-state index < -0.39 is 0 Å². The van der Waals surface area contributed by atoms with Crippen molar-refractivity contribution in [3.63, 3.8) is 0 Å². The van der Waals surface area contributed by atoms with E-state index in [9.17, 15) is 0 Å². The summed E-state index contributed by atoms with van der Waals surface area (Å²) in [7, 11) is 2.18. The van der Waals surface area contributed by atoms with E-state index in [0.717, 1.165) is 12.3 Å². The molecule has 1 aromatic heterocycles. The van der Waals surface area contributed by atoms with Crippen LogP contribution < -0.4 is 5.73 Å². The fourth-order valence-electron chi connectivity index (χ4n) is 2.73. The molecule has 1 aliphatic rings. The molecule has 2 heterocycles. The first-order valence-corrected chi connectivity index (χ1v) is 7.79. The van der Waals surface area contributed by atoms with Gasteiger partial charge < -0.3 is 5.73 Å². The van der Waals surface area contributed by atoms with Gasteiger partial charge in [-0.3, -0.25) is 9.88 Å². The smallest absolute Gasteiger partial charge is 0.0467 e. The highest BCUT2D eigenvalue weighted by Crippen LogP contribution is 2.29. The molecule has 2 aromatic rings. The summed E-state index contributed by atoms with van der Waals surface area (Å²) in [5.74, 6) is 2.32. The van der Waals surface area contributed by atoms with Gasteiger partial charge in [-0.05, 0) is 24.1 Å². The SMILES string of the molecule is CN1CCSCC1C(N)c1cccc2cnccc12. The van der Waals surface area contributed by atoms with E-state index in [-0.39, 0.29) is 6.04 Å². The molecule has 2 N–H and O–H groups in total. The van der Waals surface area contributed by atoms with E-state index in [1.807, 2.05) is 24.2 Å². The molecule has 1 aromatic carbocycles. The molecular formula is C15H19N3S. The zero-order chi connectivity index (χ0) is 13.2. The van der Waals surface area contributed by atoms with Crippen LogP contribution in [0.4, 0.5) is 0 Å². The van der Waals surface area contributed by atoms with Crippen molar-refractivity contribution in [2.24, 2.45) is 5.73 Å². The fraction of sp³-hybridized carbons (Fsp3) is 0.400. The van der Waals surface area contributed by atoms with Crippen LogP contribution in [0.25, 0.3) is 10.8 Å². The maximum Gasteiger partial charge on any atom is 0.0467 e. The number of pyridine rings is 1. The molecule has 2 atom stereocenters. The Hall–Kier alpha value is -1.10. The van der Waals surface area contributed by atoms with Gasteiger partial charge >= 0.3 is 0 Å². The van der Waals surface area contributed by atoms with Crippen LogP contribution >= 0.6 is 11.8 Å². The Kier molecular flexibility index (Phi) is 3.73. The maximum absolute atomic E-state index is 6.55. The van der Waals surface area contributed by atoms with Crippen molar-refractivity contribution in [1.82, 2.24) is 9.88 Å². The van der Waals surface area contributed by atoms with E-state index >= 15 is 0 Å². The molecule has 3 rings (SSSR count). The minimum atomic E-state index is 0.0592. The Morgan fingerprint density at radius 3 is 3.16 bits per heavy atom. The van der Waals surface area contributed by atoms with Crippen molar-refractivity contribution in [3.8, 4) is 0 Å². The molecule has 0 bridgehead atoms. The summed E-state index contributed by atoms with van der Waals surface area (Å²) < 4.78 is 0. The predicted molar refractivity (Wildman–Crippen MR) is 82.4 cm³/mol. The van der Waals surface area contributed by atoms with Crippen LogP contribution in [-0.2, 0) is 0 Å². The number of thioether (sulfide) groups is 1. The maximum atomic E-state index is 6.55. The van der Waals surface area contributed by atoms with Crippen LogP contribution in [0.15, 0.2) is 36.7 Å². The van der Waals surface area contributed by atoms with Crippen molar-refractivity contribution in [2.45, 2.75) is 12.1 Å². The van der Waals surface area contributed by atoms with Gasteiger partial charge in [0, 0.05) is 47.9 Å². The van der Waals surface area contributed by atoms with Gasteiger partial charge in [-0.2, -0.15) is 11.8 Å². The third-order valence-corrected chi connectivity index (χ3v) is 4.98. The van der Waals surface area contributed by atoms with E-state index in [2.05, 4.69) is 41.2 Å². The summed E-state index contributed by atoms with van der Waals surface area (Å²) in [5, 5.41) is 2.40. The normalized spacial score (nSPS) is 22.5. The number of aromatic nitrogens is 1. The van der Waals surface area contributed by atoms with Crippen molar-refractivity contribution < 1.29 is 0 Å². The topological polar surface area (TPSA) is 42.1 Å². The van der Waals surface area contributed by atoms with Gasteiger partial charge in [-0.15, -0.1) is 0 Å². The zero-order valence-electron chi connectivity index (χ0n) is 11.1. The highest BCUT2D eigenvalue weighted by atomic mass is 32.2. The Morgan fingerprint density at radius 2 is 2.32 bits per heavy atom. The molecule has 0 saturated carbocycles. The highest BCUT2D eigenvalue weighted by Gasteiger charge is 2.27. The predicted octanol–water partition coefficient (Wildman–Crippen LogP) is 2.28. The largest absolute Gasteiger partial charge is 0.323 e. The van der Waals surface area contributed by atoms with Crippen molar-refractivity contribution >= 4 is 22.5 Å². The van der Waals surface area contributed by atoms with Crippen LogP contribution in [0.5, 0.6) is 0 Å². The molecule has 0 aliphatic carbocycles. The quantitative estimate of drug-likeness (QED) is 0.911. The third-order valence-electron chi connectivity index (χ3n) is 3.93. The number of fused-ring (bicyclic) bond motifs is 1. The van der Waals surface area contributed by atoms with Crippen LogP contribution in [0.2, 0.25) is 0 Å². The number of nitrogens with zero attached hydrogens (tertiary/aromatic N) is 2. The standard InChI is InChI=1S/C15H19N3S/c1-18-7-8-19-10-14(18)15(16)13-4-2-3-11-9-17-6-5-12(11)13/h2-6,9,14-15H,7-8,10,16H2,1H3. The van der Waals surface area contributed by atoms with E-state index in [1.165, 1.54) is 22.1 Å².